The summed E-state index contributed by atoms with van der Waals surface area (Å²) in [5.41, 5.74) is 6.53. The van der Waals surface area contributed by atoms with Crippen LogP contribution in [-0.4, -0.2) is 21.1 Å². The molecule has 0 saturated carbocycles. The van der Waals surface area contributed by atoms with Crippen LogP contribution in [0, 0.1) is 6.92 Å². The second kappa shape index (κ2) is 9.76. The van der Waals surface area contributed by atoms with Crippen molar-refractivity contribution in [1.82, 2.24) is 9.97 Å². The topological polar surface area (TPSA) is 74.8 Å². The van der Waals surface area contributed by atoms with Crippen LogP contribution in [0.1, 0.15) is 42.9 Å². The maximum Gasteiger partial charge on any atom is 0.260 e. The summed E-state index contributed by atoms with van der Waals surface area (Å²) in [5, 5.41) is 5.74. The summed E-state index contributed by atoms with van der Waals surface area (Å²) in [4.78, 5) is 34.3. The molecule has 1 amide bonds. The monoisotopic (exact) mass is 489 g/mol. The normalized spacial score (nSPS) is 14.1. The van der Waals surface area contributed by atoms with Crippen LogP contribution in [0.2, 0.25) is 0 Å². The maximum atomic E-state index is 13.1. The number of benzene rings is 2. The van der Waals surface area contributed by atoms with Gasteiger partial charge < -0.3 is 10.3 Å². The molecule has 0 saturated heterocycles. The van der Waals surface area contributed by atoms with Crippen LogP contribution in [0.25, 0.3) is 21.3 Å². The first-order chi connectivity index (χ1) is 16.5. The van der Waals surface area contributed by atoms with Crippen molar-refractivity contribution >= 4 is 44.9 Å². The Bertz CT molecular complexity index is 1420. The van der Waals surface area contributed by atoms with E-state index >= 15 is 0 Å². The summed E-state index contributed by atoms with van der Waals surface area (Å²) in [6.07, 6.45) is 5.33. The molecule has 2 aromatic heterocycles. The smallest absolute Gasteiger partial charge is 0.260 e. The van der Waals surface area contributed by atoms with Crippen LogP contribution in [-0.2, 0) is 17.6 Å². The van der Waals surface area contributed by atoms with Crippen LogP contribution in [0.5, 0.6) is 0 Å². The molecule has 1 unspecified atom stereocenters. The number of carbonyl (C=O) groups is 1. The van der Waals surface area contributed by atoms with E-state index in [0.29, 0.717) is 21.8 Å². The second-order valence-electron chi connectivity index (χ2n) is 8.76. The van der Waals surface area contributed by atoms with Gasteiger partial charge in [-0.3, -0.25) is 9.59 Å². The third-order valence-electron chi connectivity index (χ3n) is 6.28. The van der Waals surface area contributed by atoms with E-state index in [4.69, 9.17) is 4.98 Å². The molecule has 0 bridgehead atoms. The standard InChI is InChI=1S/C27H27N3O2S2/c1-3-22(24(31)28-20-10-6-7-16(2)13-20)34-27-29-25(32)23-21(15-33-26(23)30-27)19-12-11-17-8-4-5-9-18(17)14-19/h6-7,10-15,22H,3-5,8-9H2,1-2H3,(H,28,31)(H,29,30,32). The van der Waals surface area contributed by atoms with Crippen molar-refractivity contribution in [2.24, 2.45) is 0 Å². The van der Waals surface area contributed by atoms with Gasteiger partial charge in [-0.2, -0.15) is 0 Å². The molecule has 2 aromatic carbocycles. The minimum absolute atomic E-state index is 0.0956. The predicted molar refractivity (Wildman–Crippen MR) is 142 cm³/mol. The molecule has 1 aliphatic rings. The molecular formula is C27H27N3O2S2. The van der Waals surface area contributed by atoms with Gasteiger partial charge in [-0.15, -0.1) is 11.3 Å². The van der Waals surface area contributed by atoms with Crippen molar-refractivity contribution in [2.45, 2.75) is 56.4 Å². The fourth-order valence-corrected chi connectivity index (χ4v) is 6.40. The van der Waals surface area contributed by atoms with Crippen molar-refractivity contribution in [2.75, 3.05) is 5.32 Å². The van der Waals surface area contributed by atoms with Crippen LogP contribution >= 0.6 is 23.1 Å². The summed E-state index contributed by atoms with van der Waals surface area (Å²) in [6, 6.07) is 14.3. The molecule has 5 nitrogen and oxygen atoms in total. The van der Waals surface area contributed by atoms with Crippen molar-refractivity contribution in [1.29, 1.82) is 0 Å². The maximum absolute atomic E-state index is 13.1. The fraction of sp³-hybridized carbons (Fsp3) is 0.296. The Morgan fingerprint density at radius 3 is 2.79 bits per heavy atom. The summed E-state index contributed by atoms with van der Waals surface area (Å²) >= 11 is 2.78. The minimum Gasteiger partial charge on any atom is -0.325 e. The van der Waals surface area contributed by atoms with Crippen molar-refractivity contribution in [3.05, 3.63) is 74.9 Å². The highest BCUT2D eigenvalue weighted by Gasteiger charge is 2.21. The summed E-state index contributed by atoms with van der Waals surface area (Å²) in [5.74, 6) is -0.0956. The third-order valence-corrected chi connectivity index (χ3v) is 8.41. The Morgan fingerprint density at radius 2 is 2.00 bits per heavy atom. The third kappa shape index (κ3) is 4.68. The first-order valence-electron chi connectivity index (χ1n) is 11.7. The van der Waals surface area contributed by atoms with E-state index in [2.05, 4.69) is 28.5 Å². The number of anilines is 1. The van der Waals surface area contributed by atoms with E-state index in [0.717, 1.165) is 35.2 Å². The zero-order valence-corrected chi connectivity index (χ0v) is 20.9. The molecule has 0 fully saturated rings. The molecule has 5 rings (SSSR count). The average molecular weight is 490 g/mol. The Balaban J connectivity index is 1.40. The largest absolute Gasteiger partial charge is 0.325 e. The number of fused-ring (bicyclic) bond motifs is 2. The molecule has 2 heterocycles. The zero-order valence-electron chi connectivity index (χ0n) is 19.3. The summed E-state index contributed by atoms with van der Waals surface area (Å²) in [6.45, 7) is 3.95. The highest BCUT2D eigenvalue weighted by molar-refractivity contribution is 8.00. The lowest BCUT2D eigenvalue weighted by molar-refractivity contribution is -0.115. The number of carbonyl (C=O) groups excluding carboxylic acids is 1. The van der Waals surface area contributed by atoms with Crippen LogP contribution < -0.4 is 10.9 Å². The quantitative estimate of drug-likeness (QED) is 0.244. The van der Waals surface area contributed by atoms with Gasteiger partial charge in [0.05, 0.1) is 10.6 Å². The lowest BCUT2D eigenvalue weighted by Gasteiger charge is -2.16. The second-order valence-corrected chi connectivity index (χ2v) is 10.8. The predicted octanol–water partition coefficient (Wildman–Crippen LogP) is 6.35. The molecule has 4 aromatic rings. The molecule has 0 spiro atoms. The molecule has 34 heavy (non-hydrogen) atoms. The first kappa shape index (κ1) is 22.9. The van der Waals surface area contributed by atoms with E-state index in [1.165, 1.54) is 47.1 Å². The number of rotatable bonds is 6. The molecular weight excluding hydrogens is 462 g/mol. The number of H-pyrrole nitrogens is 1. The van der Waals surface area contributed by atoms with Crippen LogP contribution in [0.15, 0.2) is 57.8 Å². The number of aryl methyl sites for hydroxylation is 3. The van der Waals surface area contributed by atoms with Crippen LogP contribution in [0.4, 0.5) is 5.69 Å². The summed E-state index contributed by atoms with van der Waals surface area (Å²) in [7, 11) is 0. The van der Waals surface area contributed by atoms with Gasteiger partial charge in [0.15, 0.2) is 5.16 Å². The Kier molecular flexibility index (Phi) is 6.57. The van der Waals surface area contributed by atoms with Gasteiger partial charge in [-0.05, 0) is 73.4 Å². The van der Waals surface area contributed by atoms with E-state index in [1.54, 1.807) is 0 Å². The number of hydrogen-bond donors (Lipinski definition) is 2. The number of hydrogen-bond acceptors (Lipinski definition) is 5. The van der Waals surface area contributed by atoms with Crippen molar-refractivity contribution < 1.29 is 4.79 Å². The number of thiophene rings is 1. The van der Waals surface area contributed by atoms with Crippen molar-refractivity contribution in [3.8, 4) is 11.1 Å². The molecule has 174 valence electrons. The number of aromatic amines is 1. The average Bonchev–Trinajstić information content (AvgIpc) is 3.27. The Morgan fingerprint density at radius 1 is 1.18 bits per heavy atom. The molecule has 0 aliphatic heterocycles. The number of aromatic nitrogens is 2. The van der Waals surface area contributed by atoms with E-state index < -0.39 is 0 Å². The van der Waals surface area contributed by atoms with Gasteiger partial charge in [0, 0.05) is 16.6 Å². The SMILES string of the molecule is CCC(Sc1nc2scc(-c3ccc4c(c3)CCCC4)c2c(=O)[nH]1)C(=O)Nc1cccc(C)c1. The van der Waals surface area contributed by atoms with Crippen molar-refractivity contribution in [3.63, 3.8) is 0 Å². The number of nitrogens with zero attached hydrogens (tertiary/aromatic N) is 1. The number of thioether (sulfide) groups is 1. The lowest BCUT2D eigenvalue weighted by atomic mass is 9.89. The van der Waals surface area contributed by atoms with E-state index in [1.807, 2.05) is 43.5 Å². The minimum atomic E-state index is -0.360. The van der Waals surface area contributed by atoms with Gasteiger partial charge in [0.25, 0.3) is 5.56 Å². The molecule has 2 N–H and O–H groups in total. The summed E-state index contributed by atoms with van der Waals surface area (Å²) < 4.78 is 0. The molecule has 0 radical (unpaired) electrons. The lowest BCUT2D eigenvalue weighted by Crippen LogP contribution is -2.25. The highest BCUT2D eigenvalue weighted by Crippen LogP contribution is 2.34. The number of nitrogens with one attached hydrogen (secondary N) is 2. The first-order valence-corrected chi connectivity index (χ1v) is 13.5. The van der Waals surface area contributed by atoms with Gasteiger partial charge in [0.2, 0.25) is 5.91 Å². The number of amides is 1. The van der Waals surface area contributed by atoms with Crippen LogP contribution in [0.3, 0.4) is 0 Å². The van der Waals surface area contributed by atoms with Gasteiger partial charge in [-0.25, -0.2) is 4.98 Å². The molecule has 7 heteroatoms. The van der Waals surface area contributed by atoms with Gasteiger partial charge >= 0.3 is 0 Å². The molecule has 1 aliphatic carbocycles. The highest BCUT2D eigenvalue weighted by atomic mass is 32.2. The molecule has 1 atom stereocenters. The Labute approximate surface area is 207 Å². The van der Waals surface area contributed by atoms with E-state index in [9.17, 15) is 9.59 Å². The van der Waals surface area contributed by atoms with E-state index in [-0.39, 0.29) is 16.7 Å². The van der Waals surface area contributed by atoms with Gasteiger partial charge in [0.1, 0.15) is 4.83 Å². The zero-order chi connectivity index (χ0) is 23.7. The van der Waals surface area contributed by atoms with Gasteiger partial charge in [-0.1, -0.05) is 49.0 Å². The fourth-order valence-electron chi connectivity index (χ4n) is 4.50. The Hall–Kier alpha value is -2.90.